The summed E-state index contributed by atoms with van der Waals surface area (Å²) in [7, 11) is 0. The summed E-state index contributed by atoms with van der Waals surface area (Å²) in [6.45, 7) is 20.9. The number of aryl methyl sites for hydroxylation is 1. The van der Waals surface area contributed by atoms with Gasteiger partial charge in [0.05, 0.1) is 5.52 Å². The van der Waals surface area contributed by atoms with Gasteiger partial charge in [0.15, 0.2) is 0 Å². The number of hydrogen-bond acceptors (Lipinski definition) is 7. The Labute approximate surface area is 309 Å². The second-order valence-corrected chi connectivity index (χ2v) is 18.3. The van der Waals surface area contributed by atoms with Crippen molar-refractivity contribution in [3.63, 3.8) is 0 Å². The van der Waals surface area contributed by atoms with Crippen molar-refractivity contribution in [3.05, 3.63) is 65.1 Å². The SMILES string of the molecule is Cc1c(CN2CCC3(CC2)CN(c2ncnc4ccc(CC(C)(C)C)cc24)C3)ccc2c1cc(C#N)n2CC1CCC(NC(=O)OC(C)(C)C)CC1. The van der Waals surface area contributed by atoms with Crippen LogP contribution in [0.3, 0.4) is 0 Å². The summed E-state index contributed by atoms with van der Waals surface area (Å²) in [5, 5.41) is 15.6. The van der Waals surface area contributed by atoms with E-state index in [9.17, 15) is 10.1 Å². The fourth-order valence-electron chi connectivity index (χ4n) is 8.92. The quantitative estimate of drug-likeness (QED) is 0.206. The number of nitrogens with zero attached hydrogens (tertiary/aromatic N) is 6. The average molecular weight is 704 g/mol. The summed E-state index contributed by atoms with van der Waals surface area (Å²) in [5.74, 6) is 1.56. The van der Waals surface area contributed by atoms with Gasteiger partial charge in [0, 0.05) is 53.9 Å². The highest BCUT2D eigenvalue weighted by atomic mass is 16.6. The zero-order chi connectivity index (χ0) is 36.8. The lowest BCUT2D eigenvalue weighted by Gasteiger charge is -2.54. The minimum Gasteiger partial charge on any atom is -0.444 e. The van der Waals surface area contributed by atoms with Crippen LogP contribution in [0.15, 0.2) is 42.7 Å². The molecule has 0 bridgehead atoms. The van der Waals surface area contributed by atoms with Crippen LogP contribution in [0, 0.1) is 35.0 Å². The third-order valence-corrected chi connectivity index (χ3v) is 11.7. The fraction of sp³-hybridized carbons (Fsp3) is 0.581. The molecule has 2 aromatic heterocycles. The van der Waals surface area contributed by atoms with E-state index in [1.807, 2.05) is 20.8 Å². The number of carbonyl (C=O) groups excluding carboxylic acids is 1. The number of benzene rings is 2. The highest BCUT2D eigenvalue weighted by molar-refractivity contribution is 5.90. The molecule has 7 rings (SSSR count). The first-order valence-electron chi connectivity index (χ1n) is 19.4. The molecule has 0 atom stereocenters. The summed E-state index contributed by atoms with van der Waals surface area (Å²) >= 11 is 0. The predicted octanol–water partition coefficient (Wildman–Crippen LogP) is 8.54. The van der Waals surface area contributed by atoms with E-state index >= 15 is 0 Å². The molecule has 0 radical (unpaired) electrons. The molecule has 4 aromatic rings. The van der Waals surface area contributed by atoms with Crippen LogP contribution >= 0.6 is 0 Å². The summed E-state index contributed by atoms with van der Waals surface area (Å²) in [6, 6.07) is 16.0. The molecule has 2 aromatic carbocycles. The molecule has 2 aliphatic heterocycles. The molecule has 2 saturated heterocycles. The van der Waals surface area contributed by atoms with Crippen LogP contribution in [0.1, 0.15) is 102 Å². The molecule has 9 heteroatoms. The number of nitrogens with one attached hydrogen (secondary N) is 1. The van der Waals surface area contributed by atoms with Gasteiger partial charge in [-0.1, -0.05) is 32.9 Å². The van der Waals surface area contributed by atoms with Crippen molar-refractivity contribution in [2.75, 3.05) is 31.1 Å². The fourth-order valence-corrected chi connectivity index (χ4v) is 8.92. The van der Waals surface area contributed by atoms with Crippen molar-refractivity contribution in [3.8, 4) is 6.07 Å². The van der Waals surface area contributed by atoms with E-state index in [4.69, 9.17) is 9.72 Å². The first kappa shape index (κ1) is 36.2. The highest BCUT2D eigenvalue weighted by Crippen LogP contribution is 2.44. The molecule has 276 valence electrons. The van der Waals surface area contributed by atoms with Crippen molar-refractivity contribution >= 4 is 33.7 Å². The number of anilines is 1. The number of ether oxygens (including phenoxy) is 1. The number of piperidine rings is 1. The van der Waals surface area contributed by atoms with E-state index in [1.165, 1.54) is 40.3 Å². The number of likely N-dealkylation sites (tertiary alicyclic amines) is 1. The zero-order valence-corrected chi connectivity index (χ0v) is 32.4. The van der Waals surface area contributed by atoms with Crippen LogP contribution in [-0.2, 0) is 24.2 Å². The predicted molar refractivity (Wildman–Crippen MR) is 208 cm³/mol. The van der Waals surface area contributed by atoms with E-state index in [0.29, 0.717) is 11.3 Å². The third kappa shape index (κ3) is 7.93. The second-order valence-electron chi connectivity index (χ2n) is 18.3. The van der Waals surface area contributed by atoms with Gasteiger partial charge in [-0.15, -0.1) is 0 Å². The number of nitriles is 1. The van der Waals surface area contributed by atoms with Gasteiger partial charge in [0.1, 0.15) is 29.5 Å². The topological polar surface area (TPSA) is 99.3 Å². The van der Waals surface area contributed by atoms with Gasteiger partial charge in [0.2, 0.25) is 0 Å². The molecule has 52 heavy (non-hydrogen) atoms. The molecular weight excluding hydrogens is 647 g/mol. The van der Waals surface area contributed by atoms with Gasteiger partial charge in [-0.3, -0.25) is 4.90 Å². The standard InChI is InChI=1S/C43H57N7O2/c1-29-32(11-15-38-35(29)21-34(23-44)50(38)24-30-8-12-33(13-9-30)47-40(51)52-42(5,6)7)25-48-18-16-43(17-19-48)26-49(27-43)39-36-20-31(22-41(2,3)4)10-14-37(36)45-28-46-39/h10-11,14-15,20-21,28,30,33H,8-9,12-13,16-19,22,24-27H2,1-7H3,(H,47,51). The largest absolute Gasteiger partial charge is 0.444 e. The Kier molecular flexibility index (Phi) is 9.75. The van der Waals surface area contributed by atoms with Gasteiger partial charge in [0.25, 0.3) is 0 Å². The normalized spacial score (nSPS) is 20.9. The lowest BCUT2D eigenvalue weighted by molar-refractivity contribution is 0.0486. The first-order chi connectivity index (χ1) is 24.7. The van der Waals surface area contributed by atoms with E-state index < -0.39 is 5.60 Å². The Balaban J connectivity index is 0.950. The first-order valence-corrected chi connectivity index (χ1v) is 19.4. The van der Waals surface area contributed by atoms with Gasteiger partial charge in [-0.25, -0.2) is 14.8 Å². The molecule has 1 amide bonds. The molecule has 0 unspecified atom stereocenters. The van der Waals surface area contributed by atoms with E-state index in [1.54, 1.807) is 6.33 Å². The maximum Gasteiger partial charge on any atom is 0.407 e. The van der Waals surface area contributed by atoms with Crippen molar-refractivity contribution in [1.29, 1.82) is 5.26 Å². The van der Waals surface area contributed by atoms with Crippen LogP contribution in [0.2, 0.25) is 0 Å². The Bertz CT molecular complexity index is 1970. The molecule has 3 fully saturated rings. The van der Waals surface area contributed by atoms with Crippen molar-refractivity contribution in [2.24, 2.45) is 16.7 Å². The average Bonchev–Trinajstić information content (AvgIpc) is 3.42. The molecule has 3 aliphatic rings. The van der Waals surface area contributed by atoms with Crippen molar-refractivity contribution in [2.45, 2.75) is 118 Å². The molecule has 4 heterocycles. The summed E-state index contributed by atoms with van der Waals surface area (Å²) in [5.41, 5.74) is 7.01. The Morgan fingerprint density at radius 3 is 2.38 bits per heavy atom. The number of fused-ring (bicyclic) bond motifs is 2. The molecule has 1 N–H and O–H groups in total. The van der Waals surface area contributed by atoms with Gasteiger partial charge in [-0.2, -0.15) is 5.26 Å². The maximum atomic E-state index is 12.3. The van der Waals surface area contributed by atoms with Crippen molar-refractivity contribution in [1.82, 2.24) is 24.8 Å². The van der Waals surface area contributed by atoms with Crippen LogP contribution in [-0.4, -0.2) is 63.4 Å². The highest BCUT2D eigenvalue weighted by Gasteiger charge is 2.45. The number of rotatable bonds is 7. The van der Waals surface area contributed by atoms with E-state index in [2.05, 4.69) is 94.8 Å². The number of carbonyl (C=O) groups is 1. The molecular formula is C43H57N7O2. The maximum absolute atomic E-state index is 12.3. The van der Waals surface area contributed by atoms with E-state index in [-0.39, 0.29) is 17.6 Å². The van der Waals surface area contributed by atoms with Gasteiger partial charge in [-0.05, 0) is 138 Å². The Morgan fingerprint density at radius 2 is 1.71 bits per heavy atom. The lowest BCUT2D eigenvalue weighted by atomic mass is 9.72. The summed E-state index contributed by atoms with van der Waals surface area (Å²) in [4.78, 5) is 26.7. The summed E-state index contributed by atoms with van der Waals surface area (Å²) < 4.78 is 7.70. The van der Waals surface area contributed by atoms with Crippen LogP contribution in [0.25, 0.3) is 21.8 Å². The van der Waals surface area contributed by atoms with Gasteiger partial charge >= 0.3 is 6.09 Å². The molecule has 1 saturated carbocycles. The van der Waals surface area contributed by atoms with Crippen LogP contribution in [0.5, 0.6) is 0 Å². The Hall–Kier alpha value is -4.16. The number of hydrogen-bond donors (Lipinski definition) is 1. The molecule has 9 nitrogen and oxygen atoms in total. The van der Waals surface area contributed by atoms with Crippen LogP contribution in [0.4, 0.5) is 10.6 Å². The minimum atomic E-state index is -0.496. The van der Waals surface area contributed by atoms with Crippen molar-refractivity contribution < 1.29 is 9.53 Å². The molecule has 1 aliphatic carbocycles. The van der Waals surface area contributed by atoms with Crippen LogP contribution < -0.4 is 10.2 Å². The third-order valence-electron chi connectivity index (χ3n) is 11.7. The lowest BCUT2D eigenvalue weighted by Crippen LogP contribution is -2.60. The second kappa shape index (κ2) is 14.0. The monoisotopic (exact) mass is 703 g/mol. The minimum absolute atomic E-state index is 0.145. The number of aromatic nitrogens is 3. The number of amides is 1. The van der Waals surface area contributed by atoms with Gasteiger partial charge < -0.3 is 19.5 Å². The number of alkyl carbamates (subject to hydrolysis) is 1. The van der Waals surface area contributed by atoms with E-state index in [0.717, 1.165) is 93.9 Å². The smallest absolute Gasteiger partial charge is 0.407 e. The zero-order valence-electron chi connectivity index (χ0n) is 32.4. The summed E-state index contributed by atoms with van der Waals surface area (Å²) in [6.07, 6.45) is 8.73. The molecule has 1 spiro atoms. The Morgan fingerprint density at radius 1 is 0.981 bits per heavy atom.